The van der Waals surface area contributed by atoms with Gasteiger partial charge < -0.3 is 29.5 Å². The molecule has 1 heterocycles. The molecule has 8 nitrogen and oxygen atoms in total. The van der Waals surface area contributed by atoms with Crippen molar-refractivity contribution in [2.24, 2.45) is 0 Å². The second-order valence-corrected chi connectivity index (χ2v) is 7.20. The van der Waals surface area contributed by atoms with Crippen molar-refractivity contribution in [2.75, 3.05) is 27.4 Å². The van der Waals surface area contributed by atoms with E-state index in [4.69, 9.17) is 25.8 Å². The molecular weight excluding hydrogens is 424 g/mol. The number of urea groups is 1. The summed E-state index contributed by atoms with van der Waals surface area (Å²) < 4.78 is 16.1. The molecule has 1 aliphatic rings. The molecule has 0 bridgehead atoms. The van der Waals surface area contributed by atoms with Crippen LogP contribution in [0.1, 0.15) is 18.5 Å². The summed E-state index contributed by atoms with van der Waals surface area (Å²) in [6.07, 6.45) is 0. The molecule has 0 aromatic heterocycles. The van der Waals surface area contributed by atoms with Gasteiger partial charge in [-0.15, -0.1) is 0 Å². The minimum atomic E-state index is -0.835. The topological polar surface area (TPSA) is 97.3 Å². The molecule has 164 valence electrons. The normalized spacial score (nSPS) is 16.1. The van der Waals surface area contributed by atoms with Crippen molar-refractivity contribution in [1.82, 2.24) is 10.2 Å². The molecule has 3 rings (SSSR count). The number of carbonyl (C=O) groups is 2. The number of esters is 1. The quantitative estimate of drug-likeness (QED) is 0.497. The summed E-state index contributed by atoms with van der Waals surface area (Å²) in [5.41, 5.74) is 1.14. The first-order valence-electron chi connectivity index (χ1n) is 9.49. The molecule has 0 spiro atoms. The van der Waals surface area contributed by atoms with Crippen molar-refractivity contribution < 1.29 is 28.9 Å². The first-order chi connectivity index (χ1) is 14.8. The Morgan fingerprint density at radius 3 is 2.61 bits per heavy atom. The number of allylic oxidation sites excluding steroid dienone is 1. The van der Waals surface area contributed by atoms with Crippen LogP contribution in [0, 0.1) is 0 Å². The highest BCUT2D eigenvalue weighted by Crippen LogP contribution is 2.39. The predicted octanol–water partition coefficient (Wildman–Crippen LogP) is 3.65. The van der Waals surface area contributed by atoms with E-state index in [0.717, 1.165) is 0 Å². The number of phenolic OH excluding ortho intramolecular Hbond substituents is 1. The van der Waals surface area contributed by atoms with Crippen LogP contribution in [0.4, 0.5) is 4.79 Å². The Hall–Kier alpha value is -3.39. The highest BCUT2D eigenvalue weighted by atomic mass is 35.5. The van der Waals surface area contributed by atoms with Gasteiger partial charge in [0.25, 0.3) is 0 Å². The van der Waals surface area contributed by atoms with E-state index in [0.29, 0.717) is 17.0 Å². The van der Waals surface area contributed by atoms with Crippen LogP contribution in [-0.4, -0.2) is 49.4 Å². The van der Waals surface area contributed by atoms with E-state index in [-0.39, 0.29) is 35.3 Å². The lowest BCUT2D eigenvalue weighted by atomic mass is 9.94. The molecule has 0 saturated heterocycles. The van der Waals surface area contributed by atoms with E-state index in [2.05, 4.69) is 5.32 Å². The van der Waals surface area contributed by atoms with Gasteiger partial charge in [-0.1, -0.05) is 29.8 Å². The van der Waals surface area contributed by atoms with Crippen LogP contribution >= 0.6 is 11.6 Å². The molecule has 31 heavy (non-hydrogen) atoms. The van der Waals surface area contributed by atoms with E-state index in [1.165, 1.54) is 24.1 Å². The Bertz CT molecular complexity index is 1010. The number of halogens is 1. The van der Waals surface area contributed by atoms with E-state index in [1.54, 1.807) is 26.1 Å². The summed E-state index contributed by atoms with van der Waals surface area (Å²) in [6.45, 7) is 1.85. The van der Waals surface area contributed by atoms with Crippen LogP contribution < -0.4 is 14.8 Å². The number of ether oxygens (including phenoxy) is 3. The van der Waals surface area contributed by atoms with Crippen molar-refractivity contribution in [3.8, 4) is 17.2 Å². The number of para-hydroxylation sites is 1. The zero-order valence-electron chi connectivity index (χ0n) is 17.3. The Morgan fingerprint density at radius 2 is 1.94 bits per heavy atom. The Balaban J connectivity index is 1.81. The van der Waals surface area contributed by atoms with Gasteiger partial charge in [-0.25, -0.2) is 9.59 Å². The number of hydrogen-bond donors (Lipinski definition) is 2. The molecule has 0 unspecified atom stereocenters. The fraction of sp³-hybridized carbons (Fsp3) is 0.273. The molecular formula is C22H23ClN2O6. The van der Waals surface area contributed by atoms with Crippen molar-refractivity contribution in [2.45, 2.75) is 13.0 Å². The number of benzene rings is 2. The maximum absolute atomic E-state index is 12.9. The van der Waals surface area contributed by atoms with Crippen LogP contribution in [0.3, 0.4) is 0 Å². The molecule has 2 amide bonds. The third kappa shape index (κ3) is 4.86. The molecule has 0 saturated carbocycles. The number of phenols is 1. The molecule has 1 aliphatic heterocycles. The summed E-state index contributed by atoms with van der Waals surface area (Å²) in [5.74, 6) is -0.0381. The molecule has 0 fully saturated rings. The van der Waals surface area contributed by atoms with Crippen molar-refractivity contribution in [3.63, 3.8) is 0 Å². The molecule has 0 aliphatic carbocycles. The van der Waals surface area contributed by atoms with Gasteiger partial charge in [0.2, 0.25) is 0 Å². The number of aromatic hydroxyl groups is 1. The van der Waals surface area contributed by atoms with Crippen LogP contribution in [0.15, 0.2) is 53.7 Å². The van der Waals surface area contributed by atoms with Gasteiger partial charge in [0.15, 0.2) is 11.5 Å². The van der Waals surface area contributed by atoms with Gasteiger partial charge >= 0.3 is 12.0 Å². The first kappa shape index (κ1) is 22.3. The van der Waals surface area contributed by atoms with Gasteiger partial charge in [-0.3, -0.25) is 0 Å². The Labute approximate surface area is 185 Å². The second-order valence-electron chi connectivity index (χ2n) is 6.79. The minimum Gasteiger partial charge on any atom is -0.503 e. The average Bonchev–Trinajstić information content (AvgIpc) is 2.77. The standard InChI is InChI=1S/C22H23ClN2O6/c1-13-18(21(27)31-10-9-30-15-7-5-4-6-8-15)19(24-22(28)25(13)2)14-11-16(23)20(26)17(12-14)29-3/h4-8,11-12,19,26H,9-10H2,1-3H3,(H,24,28)/t19-/m0/s1. The fourth-order valence-corrected chi connectivity index (χ4v) is 3.37. The van der Waals surface area contributed by atoms with Gasteiger partial charge in [0.05, 0.1) is 23.7 Å². The lowest BCUT2D eigenvalue weighted by Crippen LogP contribution is -2.46. The van der Waals surface area contributed by atoms with Gasteiger partial charge in [-0.2, -0.15) is 0 Å². The molecule has 9 heteroatoms. The number of methoxy groups -OCH3 is 1. The summed E-state index contributed by atoms with van der Waals surface area (Å²) in [4.78, 5) is 26.6. The smallest absolute Gasteiger partial charge is 0.338 e. The van der Waals surface area contributed by atoms with Crippen LogP contribution in [0.2, 0.25) is 5.02 Å². The van der Waals surface area contributed by atoms with Crippen LogP contribution in [0.25, 0.3) is 0 Å². The highest BCUT2D eigenvalue weighted by molar-refractivity contribution is 6.32. The van der Waals surface area contributed by atoms with Crippen LogP contribution in [-0.2, 0) is 9.53 Å². The highest BCUT2D eigenvalue weighted by Gasteiger charge is 2.35. The molecule has 2 aromatic carbocycles. The molecule has 0 radical (unpaired) electrons. The van der Waals surface area contributed by atoms with Gasteiger partial charge in [0.1, 0.15) is 19.0 Å². The maximum atomic E-state index is 12.9. The SMILES string of the molecule is COc1cc([C@@H]2NC(=O)N(C)C(C)=C2C(=O)OCCOc2ccccc2)cc(Cl)c1O. The zero-order chi connectivity index (χ0) is 22.5. The van der Waals surface area contributed by atoms with E-state index in [1.807, 2.05) is 18.2 Å². The summed E-state index contributed by atoms with van der Waals surface area (Å²) >= 11 is 6.10. The summed E-state index contributed by atoms with van der Waals surface area (Å²) in [7, 11) is 2.93. The number of hydrogen-bond acceptors (Lipinski definition) is 6. The molecule has 2 N–H and O–H groups in total. The fourth-order valence-electron chi connectivity index (χ4n) is 3.15. The molecule has 2 aromatic rings. The summed E-state index contributed by atoms with van der Waals surface area (Å²) in [6, 6.07) is 10.9. The Kier molecular flexibility index (Phi) is 6.91. The number of nitrogens with one attached hydrogen (secondary N) is 1. The average molecular weight is 447 g/mol. The van der Waals surface area contributed by atoms with Gasteiger partial charge in [-0.05, 0) is 36.8 Å². The lowest BCUT2D eigenvalue weighted by molar-refractivity contribution is -0.140. The number of nitrogens with zero attached hydrogens (tertiary/aromatic N) is 1. The molecule has 1 atom stereocenters. The minimum absolute atomic E-state index is 0.0224. The van der Waals surface area contributed by atoms with E-state index >= 15 is 0 Å². The number of carbonyl (C=O) groups excluding carboxylic acids is 2. The first-order valence-corrected chi connectivity index (χ1v) is 9.87. The third-order valence-corrected chi connectivity index (χ3v) is 5.19. The van der Waals surface area contributed by atoms with Crippen molar-refractivity contribution >= 4 is 23.6 Å². The van der Waals surface area contributed by atoms with Crippen molar-refractivity contribution in [1.29, 1.82) is 0 Å². The van der Waals surface area contributed by atoms with Crippen molar-refractivity contribution in [3.05, 3.63) is 64.3 Å². The van der Waals surface area contributed by atoms with E-state index in [9.17, 15) is 14.7 Å². The predicted molar refractivity (Wildman–Crippen MR) is 114 cm³/mol. The number of rotatable bonds is 7. The largest absolute Gasteiger partial charge is 0.503 e. The van der Waals surface area contributed by atoms with E-state index < -0.39 is 18.0 Å². The number of amides is 2. The maximum Gasteiger partial charge on any atom is 0.338 e. The Morgan fingerprint density at radius 1 is 1.23 bits per heavy atom. The second kappa shape index (κ2) is 9.61. The van der Waals surface area contributed by atoms with Crippen LogP contribution in [0.5, 0.6) is 17.2 Å². The zero-order valence-corrected chi connectivity index (χ0v) is 18.1. The lowest BCUT2D eigenvalue weighted by Gasteiger charge is -2.33. The monoisotopic (exact) mass is 446 g/mol. The summed E-state index contributed by atoms with van der Waals surface area (Å²) in [5, 5.41) is 12.8. The third-order valence-electron chi connectivity index (χ3n) is 4.91. The van der Waals surface area contributed by atoms with Gasteiger partial charge in [0, 0.05) is 12.7 Å².